The molecular formula is C19H18N2OS. The summed E-state index contributed by atoms with van der Waals surface area (Å²) in [5.41, 5.74) is 3.31. The van der Waals surface area contributed by atoms with Crippen molar-refractivity contribution in [2.75, 3.05) is 5.32 Å². The van der Waals surface area contributed by atoms with Crippen molar-refractivity contribution in [3.05, 3.63) is 70.7 Å². The number of pyridine rings is 1. The first-order valence-corrected chi connectivity index (χ1v) is 8.41. The summed E-state index contributed by atoms with van der Waals surface area (Å²) in [6, 6.07) is 15.6. The molecule has 0 atom stereocenters. The van der Waals surface area contributed by atoms with Crippen LogP contribution in [0.1, 0.15) is 27.7 Å². The number of nitrogens with one attached hydrogen (secondary N) is 1. The van der Waals surface area contributed by atoms with Gasteiger partial charge in [0, 0.05) is 16.8 Å². The fraction of sp³-hybridized carbons (Fsp3) is 0.158. The highest BCUT2D eigenvalue weighted by molar-refractivity contribution is 7.15. The number of carbonyl (C=O) groups excluding carboxylic acids is 1. The molecule has 0 aliphatic rings. The summed E-state index contributed by atoms with van der Waals surface area (Å²) in [4.78, 5) is 19.4. The summed E-state index contributed by atoms with van der Waals surface area (Å²) in [6.07, 6.45) is 2.60. The van der Waals surface area contributed by atoms with E-state index in [0.717, 1.165) is 28.2 Å². The third kappa shape index (κ3) is 3.32. The third-order valence-corrected chi connectivity index (χ3v) is 4.68. The molecule has 0 aliphatic carbocycles. The average molecular weight is 322 g/mol. The van der Waals surface area contributed by atoms with Crippen molar-refractivity contribution in [1.29, 1.82) is 0 Å². The number of hydrogen-bond donors (Lipinski definition) is 1. The Bertz CT molecular complexity index is 839. The van der Waals surface area contributed by atoms with Crippen molar-refractivity contribution in [2.24, 2.45) is 0 Å². The predicted molar refractivity (Wildman–Crippen MR) is 96.1 cm³/mol. The Morgan fingerprint density at radius 3 is 2.70 bits per heavy atom. The van der Waals surface area contributed by atoms with E-state index in [1.807, 2.05) is 49.4 Å². The van der Waals surface area contributed by atoms with Crippen LogP contribution in [0.3, 0.4) is 0 Å². The molecule has 0 radical (unpaired) electrons. The largest absolute Gasteiger partial charge is 0.322 e. The topological polar surface area (TPSA) is 42.0 Å². The first-order valence-electron chi connectivity index (χ1n) is 7.60. The lowest BCUT2D eigenvalue weighted by Gasteiger charge is -2.11. The van der Waals surface area contributed by atoms with Crippen LogP contribution < -0.4 is 5.32 Å². The van der Waals surface area contributed by atoms with E-state index in [1.54, 1.807) is 23.6 Å². The quantitative estimate of drug-likeness (QED) is 0.739. The lowest BCUT2D eigenvalue weighted by Crippen LogP contribution is -2.14. The van der Waals surface area contributed by atoms with Gasteiger partial charge in [-0.1, -0.05) is 25.1 Å². The minimum atomic E-state index is -0.125. The first kappa shape index (κ1) is 15.4. The normalized spacial score (nSPS) is 10.5. The number of aromatic nitrogens is 1. The molecule has 3 aromatic rings. The number of nitrogens with zero attached hydrogens (tertiary/aromatic N) is 1. The molecule has 1 aromatic carbocycles. The molecule has 0 unspecified atom stereocenters. The minimum Gasteiger partial charge on any atom is -0.322 e. The maximum Gasteiger partial charge on any atom is 0.257 e. The second-order valence-electron chi connectivity index (χ2n) is 5.27. The third-order valence-electron chi connectivity index (χ3n) is 3.67. The van der Waals surface area contributed by atoms with Gasteiger partial charge in [-0.3, -0.25) is 9.78 Å². The molecule has 0 saturated heterocycles. The fourth-order valence-corrected chi connectivity index (χ4v) is 3.37. The predicted octanol–water partition coefficient (Wildman–Crippen LogP) is 4.93. The molecule has 1 amide bonds. The molecule has 0 saturated carbocycles. The maximum atomic E-state index is 12.7. The minimum absolute atomic E-state index is 0.125. The van der Waals surface area contributed by atoms with Crippen LogP contribution in [-0.2, 0) is 6.42 Å². The Labute approximate surface area is 140 Å². The lowest BCUT2D eigenvalue weighted by molar-refractivity contribution is 0.102. The smallest absolute Gasteiger partial charge is 0.257 e. The molecule has 0 spiro atoms. The Morgan fingerprint density at radius 2 is 1.96 bits per heavy atom. The summed E-state index contributed by atoms with van der Waals surface area (Å²) < 4.78 is 0. The van der Waals surface area contributed by atoms with Gasteiger partial charge in [-0.05, 0) is 49.2 Å². The molecule has 116 valence electrons. The zero-order valence-electron chi connectivity index (χ0n) is 13.2. The van der Waals surface area contributed by atoms with Crippen LogP contribution >= 0.6 is 11.3 Å². The molecule has 2 heterocycles. The molecule has 0 aliphatic heterocycles. The Hall–Kier alpha value is -2.46. The standard InChI is InChI=1S/C19H18N2OS/c1-3-14-7-4-5-9-16(14)21-19(22)15-8-6-12-20-18(15)17-11-10-13(2)23-17/h4-12H,3H2,1-2H3,(H,21,22). The molecular weight excluding hydrogens is 304 g/mol. The van der Waals surface area contributed by atoms with E-state index >= 15 is 0 Å². The van der Waals surface area contributed by atoms with E-state index in [4.69, 9.17) is 0 Å². The molecule has 3 nitrogen and oxygen atoms in total. The lowest BCUT2D eigenvalue weighted by atomic mass is 10.1. The van der Waals surface area contributed by atoms with E-state index in [1.165, 1.54) is 4.88 Å². The number of rotatable bonds is 4. The van der Waals surface area contributed by atoms with Crippen LogP contribution in [0.4, 0.5) is 5.69 Å². The number of aryl methyl sites for hydroxylation is 2. The summed E-state index contributed by atoms with van der Waals surface area (Å²) >= 11 is 1.64. The number of benzene rings is 1. The summed E-state index contributed by atoms with van der Waals surface area (Å²) in [5, 5.41) is 3.02. The zero-order chi connectivity index (χ0) is 16.2. The van der Waals surface area contributed by atoms with Crippen molar-refractivity contribution in [2.45, 2.75) is 20.3 Å². The second-order valence-corrected chi connectivity index (χ2v) is 6.56. The highest BCUT2D eigenvalue weighted by atomic mass is 32.1. The van der Waals surface area contributed by atoms with E-state index in [-0.39, 0.29) is 5.91 Å². The molecule has 3 rings (SSSR count). The van der Waals surface area contributed by atoms with Crippen molar-refractivity contribution in [3.8, 4) is 10.6 Å². The van der Waals surface area contributed by atoms with Crippen LogP contribution in [0, 0.1) is 6.92 Å². The van der Waals surface area contributed by atoms with Gasteiger partial charge in [0.1, 0.15) is 0 Å². The van der Waals surface area contributed by atoms with Gasteiger partial charge >= 0.3 is 0 Å². The average Bonchev–Trinajstić information content (AvgIpc) is 3.01. The number of hydrogen-bond acceptors (Lipinski definition) is 3. The van der Waals surface area contributed by atoms with Gasteiger partial charge in [0.15, 0.2) is 0 Å². The summed E-state index contributed by atoms with van der Waals surface area (Å²) in [6.45, 7) is 4.13. The highest BCUT2D eigenvalue weighted by Crippen LogP contribution is 2.29. The van der Waals surface area contributed by atoms with Crippen LogP contribution in [0.2, 0.25) is 0 Å². The second kappa shape index (κ2) is 6.75. The van der Waals surface area contributed by atoms with Crippen molar-refractivity contribution < 1.29 is 4.79 Å². The molecule has 0 fully saturated rings. The van der Waals surface area contributed by atoms with E-state index in [2.05, 4.69) is 17.2 Å². The Morgan fingerprint density at radius 1 is 1.13 bits per heavy atom. The van der Waals surface area contributed by atoms with Gasteiger partial charge in [0.05, 0.1) is 16.1 Å². The van der Waals surface area contributed by atoms with Crippen LogP contribution in [0.5, 0.6) is 0 Å². The SMILES string of the molecule is CCc1ccccc1NC(=O)c1cccnc1-c1ccc(C)s1. The van der Waals surface area contributed by atoms with Crippen LogP contribution in [0.15, 0.2) is 54.7 Å². The van der Waals surface area contributed by atoms with Gasteiger partial charge in [-0.2, -0.15) is 0 Å². The first-order chi connectivity index (χ1) is 11.2. The van der Waals surface area contributed by atoms with Crippen molar-refractivity contribution >= 4 is 22.9 Å². The number of anilines is 1. The molecule has 0 bridgehead atoms. The number of carbonyl (C=O) groups is 1. The maximum absolute atomic E-state index is 12.7. The van der Waals surface area contributed by atoms with Crippen molar-refractivity contribution in [1.82, 2.24) is 4.98 Å². The van der Waals surface area contributed by atoms with Crippen molar-refractivity contribution in [3.63, 3.8) is 0 Å². The van der Waals surface area contributed by atoms with Gasteiger partial charge < -0.3 is 5.32 Å². The van der Waals surface area contributed by atoms with Gasteiger partial charge in [-0.15, -0.1) is 11.3 Å². The van der Waals surface area contributed by atoms with Crippen LogP contribution in [-0.4, -0.2) is 10.9 Å². The van der Waals surface area contributed by atoms with Gasteiger partial charge in [0.25, 0.3) is 5.91 Å². The molecule has 1 N–H and O–H groups in total. The molecule has 23 heavy (non-hydrogen) atoms. The van der Waals surface area contributed by atoms with E-state index in [0.29, 0.717) is 5.56 Å². The van der Waals surface area contributed by atoms with Gasteiger partial charge in [-0.25, -0.2) is 0 Å². The van der Waals surface area contributed by atoms with E-state index in [9.17, 15) is 4.79 Å². The van der Waals surface area contributed by atoms with Crippen LogP contribution in [0.25, 0.3) is 10.6 Å². The summed E-state index contributed by atoms with van der Waals surface area (Å²) in [7, 11) is 0. The Balaban J connectivity index is 1.94. The highest BCUT2D eigenvalue weighted by Gasteiger charge is 2.16. The molecule has 4 heteroatoms. The number of thiophene rings is 1. The van der Waals surface area contributed by atoms with E-state index < -0.39 is 0 Å². The zero-order valence-corrected chi connectivity index (χ0v) is 14.0. The fourth-order valence-electron chi connectivity index (χ4n) is 2.49. The monoisotopic (exact) mass is 322 g/mol. The summed E-state index contributed by atoms with van der Waals surface area (Å²) in [5.74, 6) is -0.125. The Kier molecular flexibility index (Phi) is 4.53. The number of para-hydroxylation sites is 1. The molecule has 2 aromatic heterocycles. The number of amides is 1. The van der Waals surface area contributed by atoms with Gasteiger partial charge in [0.2, 0.25) is 0 Å².